The van der Waals surface area contributed by atoms with E-state index in [0.29, 0.717) is 31.2 Å². The fourth-order valence-electron chi connectivity index (χ4n) is 2.94. The Hall–Kier alpha value is -1.42. The summed E-state index contributed by atoms with van der Waals surface area (Å²) in [6.07, 6.45) is 0.811. The van der Waals surface area contributed by atoms with Crippen LogP contribution in [0.25, 0.3) is 0 Å². The molecular weight excluding hydrogens is 310 g/mol. The van der Waals surface area contributed by atoms with Crippen molar-refractivity contribution in [2.24, 2.45) is 5.92 Å². The van der Waals surface area contributed by atoms with Gasteiger partial charge in [0.25, 0.3) is 0 Å². The van der Waals surface area contributed by atoms with Crippen LogP contribution in [0.1, 0.15) is 38.3 Å². The molecule has 0 aromatic heterocycles. The van der Waals surface area contributed by atoms with Crippen LogP contribution in [0.3, 0.4) is 0 Å². The number of nitrogens with zero attached hydrogens (tertiary/aromatic N) is 2. The van der Waals surface area contributed by atoms with Gasteiger partial charge in [0.2, 0.25) is 10.0 Å². The topological polar surface area (TPSA) is 73.2 Å². The third-order valence-corrected chi connectivity index (χ3v) is 6.69. The largest absolute Gasteiger partial charge is 0.310 e. The van der Waals surface area contributed by atoms with Gasteiger partial charge in [-0.25, -0.2) is 12.7 Å². The number of nitrogens with one attached hydrogen (secondary N) is 1. The highest BCUT2D eigenvalue weighted by molar-refractivity contribution is 7.89. The van der Waals surface area contributed by atoms with E-state index in [4.69, 9.17) is 5.26 Å². The maximum atomic E-state index is 12.3. The van der Waals surface area contributed by atoms with Crippen molar-refractivity contribution >= 4 is 10.0 Å². The number of hydrogen-bond donors (Lipinski definition) is 1. The highest BCUT2D eigenvalue weighted by Crippen LogP contribution is 2.22. The van der Waals surface area contributed by atoms with E-state index >= 15 is 0 Å². The second-order valence-electron chi connectivity index (χ2n) is 6.52. The second-order valence-corrected chi connectivity index (χ2v) is 9.01. The number of rotatable bonds is 5. The summed E-state index contributed by atoms with van der Waals surface area (Å²) in [6, 6.07) is 10.00. The molecule has 0 saturated carbocycles. The first kappa shape index (κ1) is 17.9. The normalized spacial score (nSPS) is 22.9. The first-order valence-electron chi connectivity index (χ1n) is 8.06. The lowest BCUT2D eigenvalue weighted by molar-refractivity contribution is 0.218. The van der Waals surface area contributed by atoms with Gasteiger partial charge in [-0.3, -0.25) is 0 Å². The minimum atomic E-state index is -3.16. The number of benzene rings is 1. The van der Waals surface area contributed by atoms with Crippen molar-refractivity contribution in [3.63, 3.8) is 0 Å². The van der Waals surface area contributed by atoms with Crippen molar-refractivity contribution < 1.29 is 8.42 Å². The lowest BCUT2D eigenvalue weighted by atomic mass is 9.95. The fraction of sp³-hybridized carbons (Fsp3) is 0.588. The highest BCUT2D eigenvalue weighted by Gasteiger charge is 2.33. The molecule has 1 fully saturated rings. The summed E-state index contributed by atoms with van der Waals surface area (Å²) >= 11 is 0. The standard InChI is InChI=1S/C17H25N3O2S/c1-13(2)23(21,22)20-8-7-17(14(3)12-20)19-11-16-6-4-5-15(9-16)10-18/h4-6,9,13-14,17,19H,7-8,11-12H2,1-3H3/t14-,17-/m0/s1. The predicted molar refractivity (Wildman–Crippen MR) is 91.2 cm³/mol. The highest BCUT2D eigenvalue weighted by atomic mass is 32.2. The van der Waals surface area contributed by atoms with Crippen LogP contribution in [-0.4, -0.2) is 37.1 Å². The van der Waals surface area contributed by atoms with Gasteiger partial charge < -0.3 is 5.32 Å². The van der Waals surface area contributed by atoms with Gasteiger partial charge in [0, 0.05) is 25.7 Å². The van der Waals surface area contributed by atoms with Gasteiger partial charge in [0.15, 0.2) is 0 Å². The first-order chi connectivity index (χ1) is 10.8. The minimum absolute atomic E-state index is 0.261. The zero-order chi connectivity index (χ0) is 17.0. The summed E-state index contributed by atoms with van der Waals surface area (Å²) in [5.41, 5.74) is 1.74. The molecule has 2 atom stereocenters. The van der Waals surface area contributed by atoms with E-state index in [2.05, 4.69) is 18.3 Å². The SMILES string of the molecule is CC(C)S(=O)(=O)N1CC[C@H](NCc2cccc(C#N)c2)[C@@H](C)C1. The second kappa shape index (κ2) is 7.43. The average Bonchev–Trinajstić information content (AvgIpc) is 2.53. The quantitative estimate of drug-likeness (QED) is 0.894. The molecule has 5 nitrogen and oxygen atoms in total. The van der Waals surface area contributed by atoms with E-state index in [9.17, 15) is 8.42 Å². The van der Waals surface area contributed by atoms with Gasteiger partial charge in [0.05, 0.1) is 16.9 Å². The van der Waals surface area contributed by atoms with Crippen molar-refractivity contribution in [2.75, 3.05) is 13.1 Å². The Balaban J connectivity index is 1.93. The van der Waals surface area contributed by atoms with E-state index in [0.717, 1.165) is 12.0 Å². The van der Waals surface area contributed by atoms with Crippen LogP contribution in [-0.2, 0) is 16.6 Å². The van der Waals surface area contributed by atoms with Crippen LogP contribution in [0.15, 0.2) is 24.3 Å². The number of nitriles is 1. The van der Waals surface area contributed by atoms with Crippen molar-refractivity contribution in [1.82, 2.24) is 9.62 Å². The van der Waals surface area contributed by atoms with Gasteiger partial charge in [-0.2, -0.15) is 5.26 Å². The predicted octanol–water partition coefficient (Wildman–Crippen LogP) is 2.10. The zero-order valence-corrected chi connectivity index (χ0v) is 14.8. The summed E-state index contributed by atoms with van der Waals surface area (Å²) in [4.78, 5) is 0. The summed E-state index contributed by atoms with van der Waals surface area (Å²) in [5.74, 6) is 0.261. The third kappa shape index (κ3) is 4.31. The van der Waals surface area contributed by atoms with Gasteiger partial charge in [-0.05, 0) is 43.9 Å². The molecule has 1 aliphatic rings. The average molecular weight is 335 g/mol. The van der Waals surface area contributed by atoms with Crippen LogP contribution in [0.2, 0.25) is 0 Å². The maximum Gasteiger partial charge on any atom is 0.216 e. The lowest BCUT2D eigenvalue weighted by Crippen LogP contribution is -2.51. The number of sulfonamides is 1. The van der Waals surface area contributed by atoms with E-state index < -0.39 is 10.0 Å². The maximum absolute atomic E-state index is 12.3. The number of hydrogen-bond acceptors (Lipinski definition) is 4. The molecule has 0 radical (unpaired) electrons. The Morgan fingerprint density at radius 3 is 2.78 bits per heavy atom. The Labute approximate surface area is 139 Å². The molecule has 126 valence electrons. The Morgan fingerprint density at radius 2 is 2.17 bits per heavy atom. The summed E-state index contributed by atoms with van der Waals surface area (Å²) in [6.45, 7) is 7.38. The smallest absolute Gasteiger partial charge is 0.216 e. The van der Waals surface area contributed by atoms with Crippen molar-refractivity contribution in [3.05, 3.63) is 35.4 Å². The monoisotopic (exact) mass is 335 g/mol. The molecule has 1 aliphatic heterocycles. The van der Waals surface area contributed by atoms with Crippen molar-refractivity contribution in [2.45, 2.75) is 45.0 Å². The molecule has 2 rings (SSSR count). The number of piperidine rings is 1. The van der Waals surface area contributed by atoms with Crippen molar-refractivity contribution in [3.8, 4) is 6.07 Å². The van der Waals surface area contributed by atoms with Gasteiger partial charge >= 0.3 is 0 Å². The van der Waals surface area contributed by atoms with E-state index in [1.54, 1.807) is 24.2 Å². The summed E-state index contributed by atoms with van der Waals surface area (Å²) < 4.78 is 26.1. The molecule has 6 heteroatoms. The van der Waals surface area contributed by atoms with E-state index in [1.165, 1.54) is 0 Å². The molecule has 1 heterocycles. The molecule has 1 aromatic rings. The van der Waals surface area contributed by atoms with Crippen LogP contribution >= 0.6 is 0 Å². The van der Waals surface area contributed by atoms with Gasteiger partial charge in [-0.1, -0.05) is 19.1 Å². The molecule has 0 amide bonds. The molecule has 0 aliphatic carbocycles. The molecular formula is C17H25N3O2S. The molecule has 1 aromatic carbocycles. The molecule has 23 heavy (non-hydrogen) atoms. The molecule has 0 bridgehead atoms. The molecule has 0 unspecified atom stereocenters. The Morgan fingerprint density at radius 1 is 1.43 bits per heavy atom. The van der Waals surface area contributed by atoms with Crippen LogP contribution in [0.4, 0.5) is 0 Å². The molecule has 1 N–H and O–H groups in total. The third-order valence-electron chi connectivity index (χ3n) is 4.45. The van der Waals surface area contributed by atoms with Crippen LogP contribution < -0.4 is 5.32 Å². The zero-order valence-electron chi connectivity index (χ0n) is 14.0. The summed E-state index contributed by atoms with van der Waals surface area (Å²) in [7, 11) is -3.16. The Kier molecular flexibility index (Phi) is 5.79. The van der Waals surface area contributed by atoms with E-state index in [1.807, 2.05) is 18.2 Å². The fourth-order valence-corrected chi connectivity index (χ4v) is 4.34. The van der Waals surface area contributed by atoms with Crippen LogP contribution in [0, 0.1) is 17.2 Å². The lowest BCUT2D eigenvalue weighted by Gasteiger charge is -2.37. The minimum Gasteiger partial charge on any atom is -0.310 e. The first-order valence-corrected chi connectivity index (χ1v) is 9.56. The van der Waals surface area contributed by atoms with E-state index in [-0.39, 0.29) is 11.2 Å². The van der Waals surface area contributed by atoms with Gasteiger partial charge in [0.1, 0.15) is 0 Å². The molecule has 0 spiro atoms. The summed E-state index contributed by atoms with van der Waals surface area (Å²) in [5, 5.41) is 12.1. The van der Waals surface area contributed by atoms with Gasteiger partial charge in [-0.15, -0.1) is 0 Å². The molecule has 1 saturated heterocycles. The van der Waals surface area contributed by atoms with Crippen molar-refractivity contribution in [1.29, 1.82) is 5.26 Å². The van der Waals surface area contributed by atoms with Crippen LogP contribution in [0.5, 0.6) is 0 Å². The Bertz CT molecular complexity index is 679.